The van der Waals surface area contributed by atoms with E-state index in [2.05, 4.69) is 33.8 Å². The van der Waals surface area contributed by atoms with Crippen molar-refractivity contribution < 1.29 is 18.3 Å². The molecule has 0 bridgehead atoms. The summed E-state index contributed by atoms with van der Waals surface area (Å²) in [6, 6.07) is 6.84. The molecule has 2 N–H and O–H groups in total. The zero-order chi connectivity index (χ0) is 32.6. The van der Waals surface area contributed by atoms with Gasteiger partial charge in [-0.3, -0.25) is 4.90 Å². The van der Waals surface area contributed by atoms with Crippen LogP contribution in [0.25, 0.3) is 32.1 Å². The van der Waals surface area contributed by atoms with Crippen LogP contribution in [-0.2, 0) is 0 Å². The van der Waals surface area contributed by atoms with Crippen LogP contribution in [0.4, 0.5) is 19.6 Å². The van der Waals surface area contributed by atoms with Crippen LogP contribution in [0, 0.1) is 46.1 Å². The minimum absolute atomic E-state index is 0.00939. The van der Waals surface area contributed by atoms with E-state index in [1.54, 1.807) is 0 Å². The first kappa shape index (κ1) is 30.4. The number of thiophene rings is 1. The van der Waals surface area contributed by atoms with Crippen LogP contribution in [-0.4, -0.2) is 59.3 Å². The Morgan fingerprint density at radius 1 is 1.21 bits per heavy atom. The van der Waals surface area contributed by atoms with Gasteiger partial charge >= 0.3 is 6.01 Å². The number of nitrogens with two attached hydrogens (primary N) is 1. The molecular formula is C34H32ClF2N7O2S. The second-order valence-corrected chi connectivity index (χ2v) is 14.8. The number of aromatic nitrogens is 2. The highest BCUT2D eigenvalue weighted by atomic mass is 35.5. The van der Waals surface area contributed by atoms with E-state index in [0.717, 1.165) is 56.5 Å². The number of benzene rings is 2. The summed E-state index contributed by atoms with van der Waals surface area (Å²) in [7, 11) is 0. The minimum Gasteiger partial charge on any atom is -0.489 e. The number of hydrogen-bond donors (Lipinski definition) is 1. The number of nitriles is 2. The third-order valence-corrected chi connectivity index (χ3v) is 11.9. The molecule has 13 heteroatoms. The van der Waals surface area contributed by atoms with Gasteiger partial charge in [0.15, 0.2) is 11.6 Å². The monoisotopic (exact) mass is 675 g/mol. The Bertz CT molecular complexity index is 2040. The van der Waals surface area contributed by atoms with Crippen molar-refractivity contribution in [3.8, 4) is 35.0 Å². The minimum atomic E-state index is -0.758. The van der Waals surface area contributed by atoms with Crippen LogP contribution in [0.5, 0.6) is 11.8 Å². The first-order valence-corrected chi connectivity index (χ1v) is 17.2. The second kappa shape index (κ2) is 11.3. The van der Waals surface area contributed by atoms with E-state index in [1.807, 2.05) is 0 Å². The van der Waals surface area contributed by atoms with Crippen LogP contribution < -0.4 is 20.1 Å². The highest BCUT2D eigenvalue weighted by Gasteiger charge is 2.48. The van der Waals surface area contributed by atoms with Gasteiger partial charge in [-0.15, -0.1) is 11.3 Å². The number of hydrogen-bond acceptors (Lipinski definition) is 10. The maximum Gasteiger partial charge on any atom is 0.319 e. The predicted molar refractivity (Wildman–Crippen MR) is 177 cm³/mol. The molecule has 2 aromatic carbocycles. The van der Waals surface area contributed by atoms with Crippen LogP contribution in [0.2, 0.25) is 5.02 Å². The molecule has 0 amide bonds. The topological polar surface area (TPSA) is 124 Å². The lowest BCUT2D eigenvalue weighted by Gasteiger charge is -2.40. The summed E-state index contributed by atoms with van der Waals surface area (Å²) in [5.74, 6) is -0.113. The average molecular weight is 676 g/mol. The van der Waals surface area contributed by atoms with Gasteiger partial charge in [0, 0.05) is 30.5 Å². The smallest absolute Gasteiger partial charge is 0.319 e. The fourth-order valence-corrected chi connectivity index (χ4v) is 9.84. The molecule has 3 saturated heterocycles. The van der Waals surface area contributed by atoms with Crippen molar-refractivity contribution in [2.75, 3.05) is 43.5 Å². The Labute approximate surface area is 279 Å². The zero-order valence-corrected chi connectivity index (χ0v) is 27.4. The van der Waals surface area contributed by atoms with Crippen molar-refractivity contribution in [3.63, 3.8) is 0 Å². The summed E-state index contributed by atoms with van der Waals surface area (Å²) < 4.78 is 45.2. The molecule has 0 spiro atoms. The molecule has 3 fully saturated rings. The molecule has 4 atom stereocenters. The summed E-state index contributed by atoms with van der Waals surface area (Å²) in [5.41, 5.74) is 6.16. The predicted octanol–water partition coefficient (Wildman–Crippen LogP) is 7.04. The van der Waals surface area contributed by atoms with Gasteiger partial charge in [0.1, 0.15) is 41.4 Å². The van der Waals surface area contributed by atoms with Crippen molar-refractivity contribution >= 4 is 54.7 Å². The fourth-order valence-electron chi connectivity index (χ4n) is 8.56. The first-order valence-electron chi connectivity index (χ1n) is 16.0. The number of nitrogen functional groups attached to an aromatic ring is 1. The lowest BCUT2D eigenvalue weighted by molar-refractivity contribution is 0.107. The number of fused-ring (bicyclic) bond motifs is 4. The Morgan fingerprint density at radius 3 is 2.87 bits per heavy atom. The van der Waals surface area contributed by atoms with Gasteiger partial charge in [0.25, 0.3) is 0 Å². The summed E-state index contributed by atoms with van der Waals surface area (Å²) in [4.78, 5) is 14.2. The third-order valence-electron chi connectivity index (χ3n) is 10.6. The van der Waals surface area contributed by atoms with Gasteiger partial charge in [-0.1, -0.05) is 24.6 Å². The first-order chi connectivity index (χ1) is 22.7. The Hall–Kier alpha value is -3.97. The second-order valence-electron chi connectivity index (χ2n) is 13.3. The zero-order valence-electron chi connectivity index (χ0n) is 25.8. The molecule has 0 saturated carbocycles. The molecule has 0 radical (unpaired) electrons. The lowest BCUT2D eigenvalue weighted by atomic mass is 9.87. The fraction of sp³-hybridized carbons (Fsp3) is 0.471. The number of halogens is 3. The summed E-state index contributed by atoms with van der Waals surface area (Å²) >= 11 is 8.00. The van der Waals surface area contributed by atoms with Gasteiger partial charge in [-0.2, -0.15) is 20.5 Å². The summed E-state index contributed by atoms with van der Waals surface area (Å²) in [6.45, 7) is 5.50. The molecule has 3 unspecified atom stereocenters. The van der Waals surface area contributed by atoms with Crippen LogP contribution in [0.15, 0.2) is 12.1 Å². The molecule has 8 rings (SSSR count). The van der Waals surface area contributed by atoms with Crippen molar-refractivity contribution in [2.24, 2.45) is 11.8 Å². The maximum absolute atomic E-state index is 17.2. The standard InChI is InChI=1S/C34H32ClF2N7O2S/c1-17-12-34(8-3-10-43(34)14-17)16-46-33-41-28-25-29(45-15-22-18(7-9-38)4-2-11-44(22)32(25)42-33)26(35)24(27(28)37)19-5-6-21(36)30-23(19)20(13-39)31(40)47-30/h5-6,17-18,22H,2-4,7-8,10-12,14-16,40H2,1H3/t17-,18?,22?,34?/m1/s1. The van der Waals surface area contributed by atoms with Crippen LogP contribution in [0.3, 0.4) is 0 Å². The van der Waals surface area contributed by atoms with E-state index in [-0.39, 0.29) is 78.2 Å². The van der Waals surface area contributed by atoms with Crippen LogP contribution >= 0.6 is 22.9 Å². The molecule has 2 aromatic heterocycles. The molecular weight excluding hydrogens is 644 g/mol. The van der Waals surface area contributed by atoms with Crippen molar-refractivity contribution in [3.05, 3.63) is 34.4 Å². The summed E-state index contributed by atoms with van der Waals surface area (Å²) in [5, 5.41) is 20.2. The molecule has 4 aromatic rings. The highest BCUT2D eigenvalue weighted by Crippen LogP contribution is 2.52. The highest BCUT2D eigenvalue weighted by molar-refractivity contribution is 7.23. The molecule has 47 heavy (non-hydrogen) atoms. The molecule has 4 aliphatic rings. The van der Waals surface area contributed by atoms with E-state index in [9.17, 15) is 10.5 Å². The Balaban J connectivity index is 1.35. The molecule has 4 aliphatic heterocycles. The Kier molecular flexibility index (Phi) is 7.32. The van der Waals surface area contributed by atoms with E-state index in [0.29, 0.717) is 36.7 Å². The average Bonchev–Trinajstić information content (AvgIpc) is 3.66. The SMILES string of the molecule is C[C@H]1CN2CCCC2(COc2nc3c4c(c(Cl)c(-c5ccc(F)c6sc(N)c(C#N)c56)c(F)c4n2)OCC2C(CC#N)CCCN32)C1. The number of rotatable bonds is 5. The van der Waals surface area contributed by atoms with Crippen molar-refractivity contribution in [1.82, 2.24) is 14.9 Å². The molecule has 242 valence electrons. The van der Waals surface area contributed by atoms with Gasteiger partial charge < -0.3 is 20.1 Å². The van der Waals surface area contributed by atoms with E-state index in [4.69, 9.17) is 31.8 Å². The van der Waals surface area contributed by atoms with E-state index < -0.39 is 11.6 Å². The van der Waals surface area contributed by atoms with E-state index >= 15 is 8.78 Å². The largest absolute Gasteiger partial charge is 0.489 e. The third kappa shape index (κ3) is 4.60. The number of anilines is 2. The van der Waals surface area contributed by atoms with Crippen molar-refractivity contribution in [2.45, 2.75) is 57.0 Å². The normalized spacial score (nSPS) is 25.2. The van der Waals surface area contributed by atoms with Crippen molar-refractivity contribution in [1.29, 1.82) is 10.5 Å². The van der Waals surface area contributed by atoms with Gasteiger partial charge in [-0.25, -0.2) is 8.78 Å². The quantitative estimate of drug-likeness (QED) is 0.237. The number of piperidine rings is 1. The molecule has 6 heterocycles. The lowest BCUT2D eigenvalue weighted by Crippen LogP contribution is -2.48. The van der Waals surface area contributed by atoms with Gasteiger partial charge in [0.2, 0.25) is 0 Å². The number of ether oxygens (including phenoxy) is 2. The number of nitrogens with zero attached hydrogens (tertiary/aromatic N) is 6. The van der Waals surface area contributed by atoms with Gasteiger partial charge in [0.05, 0.1) is 38.3 Å². The van der Waals surface area contributed by atoms with Crippen LogP contribution in [0.1, 0.15) is 51.0 Å². The molecule has 0 aliphatic carbocycles. The maximum atomic E-state index is 17.2. The van der Waals surface area contributed by atoms with E-state index in [1.165, 1.54) is 12.1 Å². The van der Waals surface area contributed by atoms with Gasteiger partial charge in [-0.05, 0) is 62.1 Å². The Morgan fingerprint density at radius 2 is 2.06 bits per heavy atom. The molecule has 9 nitrogen and oxygen atoms in total. The summed E-state index contributed by atoms with van der Waals surface area (Å²) in [6.07, 6.45) is 5.13.